The van der Waals surface area contributed by atoms with Gasteiger partial charge in [-0.05, 0) is 43.5 Å². The van der Waals surface area contributed by atoms with Crippen molar-refractivity contribution in [3.8, 4) is 11.1 Å². The molecule has 0 aliphatic carbocycles. The number of pyridine rings is 1. The lowest BCUT2D eigenvalue weighted by atomic mass is 10.1. The average molecular weight is 427 g/mol. The third-order valence-electron chi connectivity index (χ3n) is 4.57. The molecule has 0 radical (unpaired) electrons. The largest absolute Gasteiger partial charge is 0.304 e. The molecule has 1 unspecified atom stereocenters. The Morgan fingerprint density at radius 1 is 1.07 bits per heavy atom. The van der Waals surface area contributed by atoms with Crippen LogP contribution in [0.1, 0.15) is 13.8 Å². The number of halogens is 1. The number of alkyl halides is 1. The van der Waals surface area contributed by atoms with Crippen LogP contribution in [0.4, 0.5) is 5.69 Å². The van der Waals surface area contributed by atoms with Crippen LogP contribution in [-0.2, 0) is 18.0 Å². The number of benzene rings is 1. The highest BCUT2D eigenvalue weighted by Gasteiger charge is 2.22. The second kappa shape index (κ2) is 7.24. The minimum Gasteiger partial charge on any atom is -0.304 e. The Labute approximate surface area is 175 Å². The summed E-state index contributed by atoms with van der Waals surface area (Å²) in [6.45, 7) is 3.33. The van der Waals surface area contributed by atoms with Crippen LogP contribution in [0.5, 0.6) is 0 Å². The summed E-state index contributed by atoms with van der Waals surface area (Å²) in [7, 11) is 0.327. The molecule has 1 atom stereocenters. The smallest absolute Gasteiger partial charge is 0.195 e. The molecule has 6 nitrogen and oxygen atoms in total. The van der Waals surface area contributed by atoms with E-state index in [1.54, 1.807) is 43.1 Å². The molecule has 2 aromatic heterocycles. The molecule has 4 aromatic rings. The molecule has 29 heavy (non-hydrogen) atoms. The van der Waals surface area contributed by atoms with Crippen LogP contribution in [0.25, 0.3) is 32.8 Å². The molecule has 0 saturated heterocycles. The lowest BCUT2D eigenvalue weighted by Crippen LogP contribution is -2.24. The summed E-state index contributed by atoms with van der Waals surface area (Å²) in [6.07, 6.45) is 5.35. The summed E-state index contributed by atoms with van der Waals surface area (Å²) >= 11 is 6.12. The van der Waals surface area contributed by atoms with E-state index < -0.39 is 15.2 Å². The molecule has 8 heteroatoms. The van der Waals surface area contributed by atoms with Gasteiger partial charge in [0.15, 0.2) is 5.43 Å². The molecule has 0 aliphatic rings. The Morgan fingerprint density at radius 3 is 2.52 bits per heavy atom. The molecule has 0 saturated carbocycles. The first-order valence-corrected chi connectivity index (χ1v) is 10.5. The number of hydrogen-bond acceptors (Lipinski definition) is 4. The molecule has 4 rings (SSSR count). The van der Waals surface area contributed by atoms with Crippen LogP contribution in [0.2, 0.25) is 0 Å². The van der Waals surface area contributed by atoms with Crippen molar-refractivity contribution in [3.63, 3.8) is 0 Å². The van der Waals surface area contributed by atoms with Gasteiger partial charge in [0.05, 0.1) is 11.7 Å². The van der Waals surface area contributed by atoms with Gasteiger partial charge in [0.25, 0.3) is 0 Å². The first-order chi connectivity index (χ1) is 13.7. The number of fused-ring (bicyclic) bond motifs is 2. The predicted octanol–water partition coefficient (Wildman–Crippen LogP) is 4.20. The minimum absolute atomic E-state index is 0.141. The monoisotopic (exact) mass is 426 g/mol. The predicted molar refractivity (Wildman–Crippen MR) is 119 cm³/mol. The zero-order chi connectivity index (χ0) is 20.8. The van der Waals surface area contributed by atoms with Gasteiger partial charge in [0, 0.05) is 47.0 Å². The van der Waals surface area contributed by atoms with Gasteiger partial charge in [0.1, 0.15) is 15.2 Å². The van der Waals surface area contributed by atoms with Crippen LogP contribution in [0, 0.1) is 0 Å². The number of nitrogens with one attached hydrogen (secondary N) is 1. The molecule has 148 valence electrons. The van der Waals surface area contributed by atoms with Gasteiger partial charge in [-0.1, -0.05) is 12.1 Å². The zero-order valence-electron chi connectivity index (χ0n) is 16.1. The third kappa shape index (κ3) is 3.88. The second-order valence-electron chi connectivity index (χ2n) is 7.26. The normalized spacial score (nSPS) is 13.0. The van der Waals surface area contributed by atoms with Crippen LogP contribution >= 0.6 is 11.6 Å². The first kappa shape index (κ1) is 19.5. The Morgan fingerprint density at radius 2 is 1.83 bits per heavy atom. The first-order valence-electron chi connectivity index (χ1n) is 8.96. The van der Waals surface area contributed by atoms with Crippen LogP contribution in [0.3, 0.4) is 0 Å². The standard InChI is InChI=1S/C21H19ClN4O2S/c1-21(2,22)29(28)25-16-6-4-13-5-7-19-18(20(27)17(13)9-16)8-14(10-23-19)15-11-24-26(3)12-15/h4-12,25H,1-3H3. The maximum absolute atomic E-state index is 13.3. The van der Waals surface area contributed by atoms with Crippen molar-refractivity contribution in [1.82, 2.24) is 14.8 Å². The number of aromatic nitrogens is 3. The van der Waals surface area contributed by atoms with Gasteiger partial charge < -0.3 is 4.72 Å². The van der Waals surface area contributed by atoms with Crippen molar-refractivity contribution in [2.45, 2.75) is 18.1 Å². The molecule has 2 heterocycles. The maximum atomic E-state index is 13.3. The fourth-order valence-corrected chi connectivity index (χ4v) is 3.72. The van der Waals surface area contributed by atoms with E-state index in [0.717, 1.165) is 16.5 Å². The fraction of sp³-hybridized carbons (Fsp3) is 0.190. The molecule has 0 amide bonds. The van der Waals surface area contributed by atoms with Crippen LogP contribution in [0.15, 0.2) is 59.8 Å². The zero-order valence-corrected chi connectivity index (χ0v) is 17.7. The van der Waals surface area contributed by atoms with Gasteiger partial charge in [-0.2, -0.15) is 5.10 Å². The van der Waals surface area contributed by atoms with Gasteiger partial charge in [0.2, 0.25) is 0 Å². The van der Waals surface area contributed by atoms with Gasteiger partial charge >= 0.3 is 0 Å². The summed E-state index contributed by atoms with van der Waals surface area (Å²) in [6, 6.07) is 10.8. The molecule has 0 aliphatic heterocycles. The molecule has 2 aromatic carbocycles. The maximum Gasteiger partial charge on any atom is 0.195 e. The summed E-state index contributed by atoms with van der Waals surface area (Å²) < 4.78 is 15.9. The number of anilines is 1. The molecule has 1 N–H and O–H groups in total. The molecule has 0 bridgehead atoms. The topological polar surface area (TPSA) is 76.9 Å². The highest BCUT2D eigenvalue weighted by Crippen LogP contribution is 2.25. The van der Waals surface area contributed by atoms with E-state index in [0.29, 0.717) is 22.0 Å². The lowest BCUT2D eigenvalue weighted by Gasteiger charge is -2.16. The molecule has 0 spiro atoms. The third-order valence-corrected chi connectivity index (χ3v) is 6.29. The lowest BCUT2D eigenvalue weighted by molar-refractivity contribution is 0.675. The van der Waals surface area contributed by atoms with E-state index in [-0.39, 0.29) is 5.43 Å². The fourth-order valence-electron chi connectivity index (χ4n) is 3.02. The van der Waals surface area contributed by atoms with Crippen molar-refractivity contribution < 1.29 is 4.21 Å². The van der Waals surface area contributed by atoms with E-state index in [2.05, 4.69) is 14.8 Å². The second-order valence-corrected chi connectivity index (χ2v) is 10.2. The van der Waals surface area contributed by atoms with Crippen molar-refractivity contribution >= 4 is 49.9 Å². The van der Waals surface area contributed by atoms with E-state index in [9.17, 15) is 9.00 Å². The Kier molecular flexibility index (Phi) is 4.88. The quantitative estimate of drug-likeness (QED) is 0.496. The van der Waals surface area contributed by atoms with Crippen molar-refractivity contribution in [2.75, 3.05) is 4.72 Å². The van der Waals surface area contributed by atoms with Gasteiger partial charge in [-0.3, -0.25) is 14.5 Å². The van der Waals surface area contributed by atoms with Crippen LogP contribution < -0.4 is 10.2 Å². The van der Waals surface area contributed by atoms with Gasteiger partial charge in [-0.25, -0.2) is 4.21 Å². The number of nitrogens with zero attached hydrogens (tertiary/aromatic N) is 3. The molecule has 0 fully saturated rings. The summed E-state index contributed by atoms with van der Waals surface area (Å²) in [5.74, 6) is 0. The van der Waals surface area contributed by atoms with E-state index in [4.69, 9.17) is 11.6 Å². The average Bonchev–Trinajstić information content (AvgIpc) is 3.06. The molecular weight excluding hydrogens is 408 g/mol. The number of aryl methyl sites for hydroxylation is 1. The van der Waals surface area contributed by atoms with E-state index in [1.807, 2.05) is 37.5 Å². The van der Waals surface area contributed by atoms with E-state index >= 15 is 0 Å². The van der Waals surface area contributed by atoms with Crippen molar-refractivity contribution in [3.05, 3.63) is 65.2 Å². The van der Waals surface area contributed by atoms with Crippen LogP contribution in [-0.4, -0.2) is 23.2 Å². The van der Waals surface area contributed by atoms with Crippen molar-refractivity contribution in [2.24, 2.45) is 7.05 Å². The summed E-state index contributed by atoms with van der Waals surface area (Å²) in [4.78, 5) is 17.8. The Bertz CT molecular complexity index is 1330. The Balaban J connectivity index is 1.89. The molecular formula is C21H19ClN4O2S. The van der Waals surface area contributed by atoms with Crippen molar-refractivity contribution in [1.29, 1.82) is 0 Å². The Hall–Kier alpha value is -2.77. The number of rotatable bonds is 4. The highest BCUT2D eigenvalue weighted by molar-refractivity contribution is 7.89. The number of hydrogen-bond donors (Lipinski definition) is 1. The van der Waals surface area contributed by atoms with Gasteiger partial charge in [-0.15, -0.1) is 11.6 Å². The summed E-state index contributed by atoms with van der Waals surface area (Å²) in [5, 5.41) is 5.98. The highest BCUT2D eigenvalue weighted by atomic mass is 35.5. The summed E-state index contributed by atoms with van der Waals surface area (Å²) in [5.41, 5.74) is 2.74. The SMILES string of the molecule is Cn1cc(-c2cnc3ccc4ccc(NS(=O)C(C)(C)Cl)cc4c(=O)c3c2)cn1. The van der Waals surface area contributed by atoms with E-state index in [1.165, 1.54) is 0 Å². The minimum atomic E-state index is -1.51.